The van der Waals surface area contributed by atoms with Gasteiger partial charge in [0, 0.05) is 55.8 Å². The summed E-state index contributed by atoms with van der Waals surface area (Å²) in [6.45, 7) is 10.9. The summed E-state index contributed by atoms with van der Waals surface area (Å²) >= 11 is 0. The van der Waals surface area contributed by atoms with Crippen molar-refractivity contribution in [2.24, 2.45) is 0 Å². The molecular weight excluding hydrogens is 851 g/mol. The van der Waals surface area contributed by atoms with Gasteiger partial charge >= 0.3 is 0 Å². The Kier molecular flexibility index (Phi) is 13.0. The highest BCUT2D eigenvalue weighted by molar-refractivity contribution is 6.20. The van der Waals surface area contributed by atoms with Crippen LogP contribution in [0.4, 0.5) is 0 Å². The van der Waals surface area contributed by atoms with E-state index in [-0.39, 0.29) is 0 Å². The van der Waals surface area contributed by atoms with Gasteiger partial charge in [0.25, 0.3) is 0 Å². The van der Waals surface area contributed by atoms with E-state index in [1.54, 1.807) is 12.2 Å². The lowest BCUT2D eigenvalue weighted by Gasteiger charge is -2.13. The molecule has 12 aromatic rings. The Balaban J connectivity index is 0.000000662. The Morgan fingerprint density at radius 3 is 1.43 bits per heavy atom. The highest BCUT2D eigenvalue weighted by Crippen LogP contribution is 2.39. The molecule has 0 amide bonds. The molecule has 0 radical (unpaired) electrons. The largest absolute Gasteiger partial charge is 0.317 e. The molecule has 0 saturated carbocycles. The first kappa shape index (κ1) is 44.6. The molecule has 336 valence electrons. The number of hydrogen-bond acceptors (Lipinski definition) is 3. The number of fused-ring (bicyclic) bond motifs is 6. The van der Waals surface area contributed by atoms with Crippen molar-refractivity contribution in [1.29, 1.82) is 0 Å². The predicted octanol–water partition coefficient (Wildman–Crippen LogP) is 17.3. The summed E-state index contributed by atoms with van der Waals surface area (Å²) in [5, 5.41) is 5.99. The molecule has 0 aliphatic rings. The van der Waals surface area contributed by atoms with Crippen LogP contribution in [0, 0.1) is 0 Å². The highest BCUT2D eigenvalue weighted by atomic mass is 15.0. The van der Waals surface area contributed by atoms with Crippen LogP contribution in [0.25, 0.3) is 111 Å². The number of nitrogens with zero attached hydrogens (tertiary/aromatic N) is 5. The Labute approximate surface area is 409 Å². The van der Waals surface area contributed by atoms with Crippen molar-refractivity contribution in [1.82, 2.24) is 24.1 Å². The van der Waals surface area contributed by atoms with Gasteiger partial charge in [-0.05, 0) is 88.3 Å². The maximum absolute atomic E-state index is 5.24. The smallest absolute Gasteiger partial charge is 0.164 e. The topological polar surface area (TPSA) is 48.5 Å². The lowest BCUT2D eigenvalue weighted by Crippen LogP contribution is -2.01. The second kappa shape index (κ2) is 20.4. The number of benzene rings is 9. The first-order valence-electron chi connectivity index (χ1n) is 23.7. The zero-order valence-corrected chi connectivity index (χ0v) is 39.3. The molecule has 3 aromatic heterocycles. The van der Waals surface area contributed by atoms with Gasteiger partial charge in [-0.2, -0.15) is 0 Å². The maximum Gasteiger partial charge on any atom is 0.164 e. The lowest BCUT2D eigenvalue weighted by molar-refractivity contribution is 1.07. The molecule has 0 unspecified atom stereocenters. The third-order valence-electron chi connectivity index (χ3n) is 12.3. The van der Waals surface area contributed by atoms with Crippen LogP contribution in [0.3, 0.4) is 0 Å². The normalized spacial score (nSPS) is 11.1. The molecule has 0 aliphatic carbocycles. The van der Waals surface area contributed by atoms with Crippen LogP contribution in [0.1, 0.15) is 13.8 Å². The van der Waals surface area contributed by atoms with Crippen molar-refractivity contribution in [2.75, 3.05) is 0 Å². The van der Waals surface area contributed by atoms with E-state index in [0.29, 0.717) is 17.5 Å². The van der Waals surface area contributed by atoms with Crippen molar-refractivity contribution >= 4 is 43.5 Å². The van der Waals surface area contributed by atoms with E-state index in [9.17, 15) is 0 Å². The lowest BCUT2D eigenvalue weighted by atomic mass is 10.0. The van der Waals surface area contributed by atoms with Crippen molar-refractivity contribution in [3.8, 4) is 67.8 Å². The van der Waals surface area contributed by atoms with E-state index >= 15 is 0 Å². The van der Waals surface area contributed by atoms with E-state index in [1.807, 2.05) is 38.1 Å². The monoisotopic (exact) mass is 901 g/mol. The predicted molar refractivity (Wildman–Crippen MR) is 297 cm³/mol. The molecular formula is C65H51N5. The molecule has 0 aliphatic heterocycles. The van der Waals surface area contributed by atoms with E-state index < -0.39 is 0 Å². The second-order valence-electron chi connectivity index (χ2n) is 16.6. The fourth-order valence-electron chi connectivity index (χ4n) is 9.14. The Morgan fingerprint density at radius 2 is 0.843 bits per heavy atom. The average Bonchev–Trinajstić information content (AvgIpc) is 4.02. The molecule has 0 bridgehead atoms. The van der Waals surface area contributed by atoms with Crippen LogP contribution in [0.5, 0.6) is 0 Å². The zero-order chi connectivity index (χ0) is 47.8. The van der Waals surface area contributed by atoms with Gasteiger partial charge in [0.1, 0.15) is 0 Å². The quantitative estimate of drug-likeness (QED) is 0.136. The molecule has 0 atom stereocenters. The SMILES string of the molecule is C=C/C=C\C=C.CC.c1ccc(-c2cccc(-c3nc(-c4cccc(-c5ccccc5)c4)nc(-c4cccc(-n5c6ccccc6c6ccc7cc8ccn(-c9ccccc9)c8cc7c65)c4)n3)c2)cc1. The number of allylic oxidation sites excluding steroid dienone is 4. The molecule has 9 aromatic carbocycles. The summed E-state index contributed by atoms with van der Waals surface area (Å²) in [4.78, 5) is 15.7. The van der Waals surface area contributed by atoms with Crippen LogP contribution in [-0.4, -0.2) is 24.1 Å². The first-order valence-corrected chi connectivity index (χ1v) is 23.7. The number of hydrogen-bond donors (Lipinski definition) is 0. The molecule has 5 heteroatoms. The van der Waals surface area contributed by atoms with Gasteiger partial charge in [0.2, 0.25) is 0 Å². The van der Waals surface area contributed by atoms with E-state index in [1.165, 1.54) is 32.4 Å². The van der Waals surface area contributed by atoms with E-state index in [2.05, 4.69) is 235 Å². The van der Waals surface area contributed by atoms with Crippen LogP contribution >= 0.6 is 0 Å². The fourth-order valence-corrected chi connectivity index (χ4v) is 9.14. The van der Waals surface area contributed by atoms with Gasteiger partial charge < -0.3 is 9.13 Å². The van der Waals surface area contributed by atoms with Crippen molar-refractivity contribution in [2.45, 2.75) is 13.8 Å². The minimum absolute atomic E-state index is 0.607. The standard InChI is InChI=1S/C57H37N5.C6H8.C2H6/c1-4-15-38(16-5-1)40-19-12-21-44(33-40)55-58-56(45-22-13-20-41(34-45)39-17-6-2-7-18-39)60-57(59-55)46-23-14-26-48(36-46)62-52-28-11-10-27-49(52)50-30-29-42-35-43-31-32-61(47-24-8-3-9-25-47)53(43)37-51(42)54(50)62;1-3-5-6-4-2;1-2/h1-37H;3-6H,1-2H2;1-2H3/b;6-5-;. The average molecular weight is 902 g/mol. The first-order chi connectivity index (χ1) is 34.6. The van der Waals surface area contributed by atoms with Crippen LogP contribution in [0.2, 0.25) is 0 Å². The van der Waals surface area contributed by atoms with Crippen LogP contribution in [-0.2, 0) is 0 Å². The Bertz CT molecular complexity index is 3710. The van der Waals surface area contributed by atoms with Gasteiger partial charge in [-0.1, -0.05) is 209 Å². The third-order valence-corrected chi connectivity index (χ3v) is 12.3. The maximum atomic E-state index is 5.24. The number of para-hydroxylation sites is 2. The molecule has 70 heavy (non-hydrogen) atoms. The molecule has 12 rings (SSSR count). The van der Waals surface area contributed by atoms with Gasteiger partial charge in [0.15, 0.2) is 17.5 Å². The summed E-state index contributed by atoms with van der Waals surface area (Å²) in [5.41, 5.74) is 12.9. The molecule has 5 nitrogen and oxygen atoms in total. The second-order valence-corrected chi connectivity index (χ2v) is 16.6. The van der Waals surface area contributed by atoms with E-state index in [0.717, 1.165) is 61.4 Å². The van der Waals surface area contributed by atoms with Crippen LogP contribution < -0.4 is 0 Å². The molecule has 0 fully saturated rings. The molecule has 0 saturated heterocycles. The summed E-state index contributed by atoms with van der Waals surface area (Å²) < 4.78 is 4.69. The summed E-state index contributed by atoms with van der Waals surface area (Å²) in [6, 6.07) is 77.1. The minimum Gasteiger partial charge on any atom is -0.317 e. The van der Waals surface area contributed by atoms with E-state index in [4.69, 9.17) is 15.0 Å². The summed E-state index contributed by atoms with van der Waals surface area (Å²) in [7, 11) is 0. The van der Waals surface area contributed by atoms with Gasteiger partial charge in [0.05, 0.1) is 16.6 Å². The summed E-state index contributed by atoms with van der Waals surface area (Å²) in [6.07, 6.45) is 9.24. The molecule has 3 heterocycles. The van der Waals surface area contributed by atoms with Crippen molar-refractivity contribution < 1.29 is 0 Å². The fraction of sp³-hybridized carbons (Fsp3) is 0.0308. The molecule has 0 spiro atoms. The summed E-state index contributed by atoms with van der Waals surface area (Å²) in [5.74, 6) is 1.84. The van der Waals surface area contributed by atoms with Crippen molar-refractivity contribution in [3.63, 3.8) is 0 Å². The van der Waals surface area contributed by atoms with Gasteiger partial charge in [-0.25, -0.2) is 15.0 Å². The Hall–Kier alpha value is -9.19. The third kappa shape index (κ3) is 8.88. The number of aromatic nitrogens is 5. The zero-order valence-electron chi connectivity index (χ0n) is 39.3. The number of rotatable bonds is 9. The van der Waals surface area contributed by atoms with Gasteiger partial charge in [-0.15, -0.1) is 0 Å². The minimum atomic E-state index is 0.607. The highest BCUT2D eigenvalue weighted by Gasteiger charge is 2.19. The molecule has 0 N–H and O–H groups in total. The van der Waals surface area contributed by atoms with Crippen LogP contribution in [0.15, 0.2) is 262 Å². The van der Waals surface area contributed by atoms with Crippen molar-refractivity contribution in [3.05, 3.63) is 262 Å². The Morgan fingerprint density at radius 1 is 0.357 bits per heavy atom. The van der Waals surface area contributed by atoms with Gasteiger partial charge in [-0.3, -0.25) is 0 Å².